The molecule has 1 fully saturated rings. The quantitative estimate of drug-likeness (QED) is 0.511. The van der Waals surface area contributed by atoms with Gasteiger partial charge in [0.25, 0.3) is 11.5 Å². The van der Waals surface area contributed by atoms with E-state index in [1.807, 2.05) is 35.2 Å². The number of thiazole rings is 1. The minimum absolute atomic E-state index is 0.0443. The van der Waals surface area contributed by atoms with E-state index in [9.17, 15) is 9.59 Å². The number of rotatable bonds is 2. The number of H-pyrrole nitrogens is 1. The number of fused-ring (bicyclic) bond motifs is 3. The maximum atomic E-state index is 13.1. The molecule has 0 atom stereocenters. The maximum absolute atomic E-state index is 13.1. The normalized spacial score (nSPS) is 17.1. The predicted octanol–water partition coefficient (Wildman–Crippen LogP) is 3.56. The van der Waals surface area contributed by atoms with Crippen LogP contribution >= 0.6 is 11.3 Å². The molecule has 1 amide bonds. The fourth-order valence-electron chi connectivity index (χ4n) is 5.09. The summed E-state index contributed by atoms with van der Waals surface area (Å²) < 4.78 is 1.09. The molecule has 160 valence electrons. The van der Waals surface area contributed by atoms with Crippen LogP contribution in [0.25, 0.3) is 21.6 Å². The molecule has 7 nitrogen and oxygen atoms in total. The Labute approximate surface area is 188 Å². The van der Waals surface area contributed by atoms with Crippen molar-refractivity contribution in [2.75, 3.05) is 13.1 Å². The van der Waals surface area contributed by atoms with Crippen LogP contribution in [0.15, 0.2) is 53.0 Å². The number of nitrogens with one attached hydrogen (secondary N) is 1. The van der Waals surface area contributed by atoms with Crippen molar-refractivity contribution in [1.82, 2.24) is 24.8 Å². The number of hydrogen-bond donors (Lipinski definition) is 1. The fraction of sp³-hybridized carbons (Fsp3) is 0.292. The average Bonchev–Trinajstić information content (AvgIpc) is 3.45. The van der Waals surface area contributed by atoms with Gasteiger partial charge >= 0.3 is 0 Å². The van der Waals surface area contributed by atoms with E-state index in [4.69, 9.17) is 4.98 Å². The van der Waals surface area contributed by atoms with E-state index in [2.05, 4.69) is 15.0 Å². The third kappa shape index (κ3) is 3.05. The van der Waals surface area contributed by atoms with Crippen molar-refractivity contribution >= 4 is 27.5 Å². The molecule has 1 N–H and O–H groups in total. The largest absolute Gasteiger partial charge is 0.339 e. The summed E-state index contributed by atoms with van der Waals surface area (Å²) in [6.07, 6.45) is 6.69. The highest BCUT2D eigenvalue weighted by Gasteiger charge is 2.44. The van der Waals surface area contributed by atoms with Gasteiger partial charge < -0.3 is 9.88 Å². The molecule has 4 aromatic rings. The number of aromatic amines is 1. The summed E-state index contributed by atoms with van der Waals surface area (Å²) in [5.41, 5.74) is 5.67. The van der Waals surface area contributed by atoms with Crippen molar-refractivity contribution < 1.29 is 4.79 Å². The zero-order chi connectivity index (χ0) is 21.7. The predicted molar refractivity (Wildman–Crippen MR) is 123 cm³/mol. The molecule has 0 bridgehead atoms. The summed E-state index contributed by atoms with van der Waals surface area (Å²) in [7, 11) is 0. The van der Waals surface area contributed by atoms with Crippen molar-refractivity contribution in [3.05, 3.63) is 75.4 Å². The topological polar surface area (TPSA) is 91.8 Å². The molecule has 1 spiro atoms. The number of carbonyl (C=O) groups is 1. The first-order valence-corrected chi connectivity index (χ1v) is 11.7. The van der Waals surface area contributed by atoms with Crippen LogP contribution in [0.2, 0.25) is 0 Å². The zero-order valence-electron chi connectivity index (χ0n) is 17.4. The minimum atomic E-state index is -0.143. The lowest BCUT2D eigenvalue weighted by Gasteiger charge is -2.39. The molecule has 2 aliphatic rings. The zero-order valence-corrected chi connectivity index (χ0v) is 18.2. The molecule has 1 saturated heterocycles. The number of benzene rings is 1. The second kappa shape index (κ2) is 7.34. The highest BCUT2D eigenvalue weighted by molar-refractivity contribution is 7.16. The van der Waals surface area contributed by atoms with Crippen LogP contribution < -0.4 is 5.56 Å². The van der Waals surface area contributed by atoms with Gasteiger partial charge in [0.1, 0.15) is 5.82 Å². The summed E-state index contributed by atoms with van der Waals surface area (Å²) in [4.78, 5) is 44.2. The van der Waals surface area contributed by atoms with Crippen LogP contribution in [0.1, 0.15) is 40.9 Å². The first-order chi connectivity index (χ1) is 15.6. The monoisotopic (exact) mass is 443 g/mol. The first kappa shape index (κ1) is 19.3. The Hall–Kier alpha value is -3.39. The molecule has 8 heteroatoms. The van der Waals surface area contributed by atoms with E-state index < -0.39 is 0 Å². The smallest absolute Gasteiger partial charge is 0.254 e. The molecule has 0 saturated carbocycles. The van der Waals surface area contributed by atoms with Crippen LogP contribution in [0.4, 0.5) is 0 Å². The fourth-order valence-corrected chi connectivity index (χ4v) is 5.75. The first-order valence-electron chi connectivity index (χ1n) is 10.8. The second-order valence-corrected chi connectivity index (χ2v) is 9.48. The second-order valence-electron chi connectivity index (χ2n) is 8.59. The molecule has 4 heterocycles. The Morgan fingerprint density at radius 2 is 2.03 bits per heavy atom. The summed E-state index contributed by atoms with van der Waals surface area (Å²) in [5.74, 6) is 0.612. The minimum Gasteiger partial charge on any atom is -0.339 e. The molecule has 3 aromatic heterocycles. The SMILES string of the molecule is O=C(c1ccc2scnc2c1)N1CCC2(CCc3c2nc(-c2cccnc2)[nH]c3=O)CC1. The summed E-state index contributed by atoms with van der Waals surface area (Å²) in [5, 5.41) is 0. The lowest BCUT2D eigenvalue weighted by atomic mass is 9.76. The van der Waals surface area contributed by atoms with E-state index in [1.54, 1.807) is 29.2 Å². The van der Waals surface area contributed by atoms with E-state index in [1.165, 1.54) is 0 Å². The van der Waals surface area contributed by atoms with Gasteiger partial charge in [0.2, 0.25) is 0 Å². The Morgan fingerprint density at radius 3 is 2.84 bits per heavy atom. The van der Waals surface area contributed by atoms with Gasteiger partial charge in [-0.1, -0.05) is 0 Å². The standard InChI is InChI=1S/C24H21N5O2S/c30-22-17-5-6-24(20(17)27-21(28-22)16-2-1-9-25-13-16)7-10-29(11-8-24)23(31)15-3-4-19-18(12-15)26-14-32-19/h1-4,9,12-14H,5-8,10-11H2,(H,27,28,30). The number of hydrogen-bond acceptors (Lipinski definition) is 6. The molecule has 1 aliphatic carbocycles. The number of amides is 1. The third-order valence-corrected chi connectivity index (χ3v) is 7.70. The highest BCUT2D eigenvalue weighted by atomic mass is 32.1. The van der Waals surface area contributed by atoms with Gasteiger partial charge in [0, 0.05) is 47.6 Å². The maximum Gasteiger partial charge on any atom is 0.254 e. The number of aromatic nitrogens is 4. The molecule has 1 aromatic carbocycles. The Bertz CT molecular complexity index is 1390. The Balaban J connectivity index is 1.27. The van der Waals surface area contributed by atoms with E-state index >= 15 is 0 Å². The lowest BCUT2D eigenvalue weighted by Crippen LogP contribution is -2.44. The van der Waals surface area contributed by atoms with E-state index in [0.29, 0.717) is 24.5 Å². The number of pyridine rings is 1. The summed E-state index contributed by atoms with van der Waals surface area (Å²) in [6.45, 7) is 1.31. The van der Waals surface area contributed by atoms with Gasteiger partial charge in [0.15, 0.2) is 0 Å². The molecule has 6 rings (SSSR count). The van der Waals surface area contributed by atoms with Gasteiger partial charge in [0.05, 0.1) is 21.4 Å². The van der Waals surface area contributed by atoms with Crippen molar-refractivity contribution in [3.8, 4) is 11.4 Å². The van der Waals surface area contributed by atoms with Crippen LogP contribution in [0.3, 0.4) is 0 Å². The van der Waals surface area contributed by atoms with E-state index in [-0.39, 0.29) is 16.9 Å². The third-order valence-electron chi connectivity index (χ3n) is 6.89. The van der Waals surface area contributed by atoms with Crippen LogP contribution in [-0.4, -0.2) is 43.8 Å². The molecular weight excluding hydrogens is 422 g/mol. The summed E-state index contributed by atoms with van der Waals surface area (Å²) in [6, 6.07) is 9.48. The number of nitrogens with zero attached hydrogens (tertiary/aromatic N) is 4. The van der Waals surface area contributed by atoms with Crippen molar-refractivity contribution in [2.45, 2.75) is 31.1 Å². The van der Waals surface area contributed by atoms with Gasteiger partial charge in [-0.2, -0.15) is 0 Å². The van der Waals surface area contributed by atoms with Crippen LogP contribution in [0, 0.1) is 0 Å². The lowest BCUT2D eigenvalue weighted by molar-refractivity contribution is 0.0663. The van der Waals surface area contributed by atoms with Gasteiger partial charge in [-0.15, -0.1) is 11.3 Å². The molecular formula is C24H21N5O2S. The van der Waals surface area contributed by atoms with Crippen molar-refractivity contribution in [1.29, 1.82) is 0 Å². The molecule has 32 heavy (non-hydrogen) atoms. The summed E-state index contributed by atoms with van der Waals surface area (Å²) >= 11 is 1.58. The van der Waals surface area contributed by atoms with Crippen LogP contribution in [0.5, 0.6) is 0 Å². The molecule has 1 aliphatic heterocycles. The highest BCUT2D eigenvalue weighted by Crippen LogP contribution is 2.44. The van der Waals surface area contributed by atoms with Gasteiger partial charge in [-0.05, 0) is 56.0 Å². The van der Waals surface area contributed by atoms with Crippen molar-refractivity contribution in [2.24, 2.45) is 0 Å². The molecule has 0 radical (unpaired) electrons. The molecule has 0 unspecified atom stereocenters. The number of likely N-dealkylation sites (tertiary alicyclic amines) is 1. The van der Waals surface area contributed by atoms with E-state index in [0.717, 1.165) is 52.7 Å². The number of carbonyl (C=O) groups excluding carboxylic acids is 1. The van der Waals surface area contributed by atoms with Crippen molar-refractivity contribution in [3.63, 3.8) is 0 Å². The Morgan fingerprint density at radius 1 is 1.16 bits per heavy atom. The van der Waals surface area contributed by atoms with Gasteiger partial charge in [-0.3, -0.25) is 14.6 Å². The number of piperidine rings is 1. The Kier molecular flexibility index (Phi) is 4.43. The van der Waals surface area contributed by atoms with Crippen LogP contribution in [-0.2, 0) is 11.8 Å². The average molecular weight is 444 g/mol. The van der Waals surface area contributed by atoms with Gasteiger partial charge in [-0.25, -0.2) is 9.97 Å².